The monoisotopic (exact) mass is 482 g/mol. The van der Waals surface area contributed by atoms with E-state index in [1.54, 1.807) is 36.4 Å². The average molecular weight is 483 g/mol. The van der Waals surface area contributed by atoms with Crippen molar-refractivity contribution < 1.29 is 33.6 Å². The zero-order chi connectivity index (χ0) is 24.9. The van der Waals surface area contributed by atoms with Gasteiger partial charge in [-0.3, -0.25) is 14.5 Å². The van der Waals surface area contributed by atoms with Crippen LogP contribution in [0.5, 0.6) is 17.2 Å². The van der Waals surface area contributed by atoms with Crippen LogP contribution in [-0.4, -0.2) is 87.3 Å². The Labute approximate surface area is 204 Å². The summed E-state index contributed by atoms with van der Waals surface area (Å²) in [6, 6.07) is 11.3. The van der Waals surface area contributed by atoms with E-state index in [-0.39, 0.29) is 11.3 Å². The highest BCUT2D eigenvalue weighted by Gasteiger charge is 2.46. The molecule has 2 aliphatic rings. The van der Waals surface area contributed by atoms with Crippen molar-refractivity contribution in [2.45, 2.75) is 6.04 Å². The maximum absolute atomic E-state index is 13.3. The number of Topliss-reactive ketones (excluding diaryl/α,β-unsaturated/α-hetero) is 1. The zero-order valence-electron chi connectivity index (χ0n) is 20.2. The van der Waals surface area contributed by atoms with Crippen LogP contribution in [0.1, 0.15) is 17.2 Å². The summed E-state index contributed by atoms with van der Waals surface area (Å²) in [4.78, 5) is 30.2. The van der Waals surface area contributed by atoms with Crippen molar-refractivity contribution in [2.75, 3.05) is 60.7 Å². The second-order valence-corrected chi connectivity index (χ2v) is 8.27. The number of ether oxygens (including phenoxy) is 4. The van der Waals surface area contributed by atoms with Gasteiger partial charge >= 0.3 is 0 Å². The molecule has 186 valence electrons. The Morgan fingerprint density at radius 2 is 1.60 bits per heavy atom. The number of hydrogen-bond donors (Lipinski definition) is 1. The summed E-state index contributed by atoms with van der Waals surface area (Å²) in [6.45, 7) is 3.64. The quantitative estimate of drug-likeness (QED) is 0.348. The summed E-state index contributed by atoms with van der Waals surface area (Å²) in [6.07, 6.45) is 0. The number of ketones is 1. The molecule has 2 saturated heterocycles. The van der Waals surface area contributed by atoms with Crippen LogP contribution in [-0.2, 0) is 14.3 Å². The molecule has 9 nitrogen and oxygen atoms in total. The van der Waals surface area contributed by atoms with Crippen molar-refractivity contribution in [2.24, 2.45) is 0 Å². The minimum atomic E-state index is -0.829. The summed E-state index contributed by atoms with van der Waals surface area (Å²) in [5.74, 6) is -0.439. The lowest BCUT2D eigenvalue weighted by atomic mass is 9.94. The van der Waals surface area contributed by atoms with Gasteiger partial charge in [-0.1, -0.05) is 30.3 Å². The molecule has 2 fully saturated rings. The van der Waals surface area contributed by atoms with Gasteiger partial charge in [0.25, 0.3) is 11.7 Å². The molecule has 0 radical (unpaired) electrons. The summed E-state index contributed by atoms with van der Waals surface area (Å²) in [5, 5.41) is 11.2. The van der Waals surface area contributed by atoms with Crippen molar-refractivity contribution in [1.82, 2.24) is 9.80 Å². The molecule has 9 heteroatoms. The third-order valence-electron chi connectivity index (χ3n) is 6.35. The Morgan fingerprint density at radius 1 is 0.971 bits per heavy atom. The number of carbonyl (C=O) groups excluding carboxylic acids is 2. The summed E-state index contributed by atoms with van der Waals surface area (Å²) < 4.78 is 21.9. The molecular weight excluding hydrogens is 452 g/mol. The minimum absolute atomic E-state index is 0.0254. The third kappa shape index (κ3) is 4.82. The average Bonchev–Trinajstić information content (AvgIpc) is 3.16. The number of methoxy groups -OCH3 is 3. The number of benzene rings is 2. The number of hydrogen-bond acceptors (Lipinski definition) is 8. The lowest BCUT2D eigenvalue weighted by molar-refractivity contribution is -0.140. The van der Waals surface area contributed by atoms with E-state index in [4.69, 9.17) is 18.9 Å². The first-order valence-electron chi connectivity index (χ1n) is 11.4. The highest BCUT2D eigenvalue weighted by molar-refractivity contribution is 6.46. The first kappa shape index (κ1) is 24.6. The van der Waals surface area contributed by atoms with Crippen LogP contribution in [0.15, 0.2) is 48.0 Å². The van der Waals surface area contributed by atoms with E-state index in [0.717, 1.165) is 13.1 Å². The second-order valence-electron chi connectivity index (χ2n) is 8.27. The molecule has 0 aliphatic carbocycles. The van der Waals surface area contributed by atoms with Gasteiger partial charge in [0.05, 0.1) is 46.2 Å². The van der Waals surface area contributed by atoms with E-state index < -0.39 is 17.7 Å². The Balaban J connectivity index is 1.82. The first-order valence-corrected chi connectivity index (χ1v) is 11.4. The normalized spacial score (nSPS) is 20.2. The third-order valence-corrected chi connectivity index (χ3v) is 6.35. The van der Waals surface area contributed by atoms with E-state index in [1.165, 1.54) is 26.2 Å². The van der Waals surface area contributed by atoms with Crippen molar-refractivity contribution in [3.63, 3.8) is 0 Å². The fraction of sp³-hybridized carbons (Fsp3) is 0.385. The van der Waals surface area contributed by atoms with Gasteiger partial charge in [-0.05, 0) is 17.7 Å². The molecule has 0 unspecified atom stereocenters. The number of likely N-dealkylation sites (tertiary alicyclic amines) is 1. The van der Waals surface area contributed by atoms with E-state index in [9.17, 15) is 14.7 Å². The Hall–Kier alpha value is -3.56. The van der Waals surface area contributed by atoms with Gasteiger partial charge in [-0.2, -0.15) is 0 Å². The SMILES string of the molecule is COc1cc([C@H]2C(=C(O)c3ccccc3)C(=O)C(=O)N2CCN2CCOCC2)cc(OC)c1OC. The van der Waals surface area contributed by atoms with Gasteiger partial charge in [0.2, 0.25) is 5.75 Å². The lowest BCUT2D eigenvalue weighted by Gasteiger charge is -2.31. The van der Waals surface area contributed by atoms with Crippen LogP contribution in [0, 0.1) is 0 Å². The van der Waals surface area contributed by atoms with Crippen LogP contribution >= 0.6 is 0 Å². The fourth-order valence-corrected chi connectivity index (χ4v) is 4.54. The topological polar surface area (TPSA) is 97.8 Å². The first-order chi connectivity index (χ1) is 17.0. The number of carbonyl (C=O) groups is 2. The highest BCUT2D eigenvalue weighted by Crippen LogP contribution is 2.45. The molecule has 0 saturated carbocycles. The van der Waals surface area contributed by atoms with Gasteiger partial charge < -0.3 is 29.0 Å². The number of aliphatic hydroxyl groups is 1. The number of amides is 1. The number of nitrogens with zero attached hydrogens (tertiary/aromatic N) is 2. The second kappa shape index (κ2) is 10.8. The number of aliphatic hydroxyl groups excluding tert-OH is 1. The van der Waals surface area contributed by atoms with Gasteiger partial charge in [0.1, 0.15) is 5.76 Å². The largest absolute Gasteiger partial charge is 0.507 e. The lowest BCUT2D eigenvalue weighted by Crippen LogP contribution is -2.42. The van der Waals surface area contributed by atoms with Crippen molar-refractivity contribution in [1.29, 1.82) is 0 Å². The molecule has 0 spiro atoms. The molecule has 1 atom stereocenters. The van der Waals surface area contributed by atoms with Crippen LogP contribution in [0.25, 0.3) is 5.76 Å². The molecule has 2 aliphatic heterocycles. The summed E-state index contributed by atoms with van der Waals surface area (Å²) >= 11 is 0. The van der Waals surface area contributed by atoms with Crippen LogP contribution < -0.4 is 14.2 Å². The molecular formula is C26H30N2O7. The molecule has 2 aromatic carbocycles. The van der Waals surface area contributed by atoms with Gasteiger partial charge in [0, 0.05) is 31.7 Å². The number of rotatable bonds is 8. The predicted octanol–water partition coefficient (Wildman–Crippen LogP) is 2.47. The van der Waals surface area contributed by atoms with E-state index in [2.05, 4.69) is 4.90 Å². The van der Waals surface area contributed by atoms with Crippen molar-refractivity contribution in [3.8, 4) is 17.2 Å². The Kier molecular flexibility index (Phi) is 7.57. The van der Waals surface area contributed by atoms with Crippen LogP contribution in [0.4, 0.5) is 0 Å². The van der Waals surface area contributed by atoms with Gasteiger partial charge in [-0.25, -0.2) is 0 Å². The maximum atomic E-state index is 13.3. The highest BCUT2D eigenvalue weighted by atomic mass is 16.5. The molecule has 2 aromatic rings. The predicted molar refractivity (Wildman–Crippen MR) is 129 cm³/mol. The zero-order valence-corrected chi connectivity index (χ0v) is 20.2. The smallest absolute Gasteiger partial charge is 0.295 e. The molecule has 0 aromatic heterocycles. The van der Waals surface area contributed by atoms with Gasteiger partial charge in [0.15, 0.2) is 11.5 Å². The van der Waals surface area contributed by atoms with E-state index in [0.29, 0.717) is 54.7 Å². The Bertz CT molecular complexity index is 1080. The number of morpholine rings is 1. The summed E-state index contributed by atoms with van der Waals surface area (Å²) in [7, 11) is 4.50. The molecule has 0 bridgehead atoms. The maximum Gasteiger partial charge on any atom is 0.295 e. The standard InChI is InChI=1S/C26H30N2O7/c1-32-19-15-18(16-20(33-2)25(19)34-3)22-21(23(29)17-7-5-4-6-8-17)24(30)26(31)28(22)10-9-27-11-13-35-14-12-27/h4-8,15-16,22,29H,9-14H2,1-3H3/t22-/m0/s1. The molecule has 4 rings (SSSR count). The van der Waals surface area contributed by atoms with Gasteiger partial charge in [-0.15, -0.1) is 0 Å². The van der Waals surface area contributed by atoms with E-state index in [1.807, 2.05) is 6.07 Å². The summed E-state index contributed by atoms with van der Waals surface area (Å²) in [5.41, 5.74) is 1.05. The molecule has 1 N–H and O–H groups in total. The van der Waals surface area contributed by atoms with Crippen LogP contribution in [0.2, 0.25) is 0 Å². The molecule has 35 heavy (non-hydrogen) atoms. The molecule has 2 heterocycles. The minimum Gasteiger partial charge on any atom is -0.507 e. The fourth-order valence-electron chi connectivity index (χ4n) is 4.54. The van der Waals surface area contributed by atoms with Crippen molar-refractivity contribution in [3.05, 3.63) is 59.2 Å². The van der Waals surface area contributed by atoms with Crippen LogP contribution in [0.3, 0.4) is 0 Å². The van der Waals surface area contributed by atoms with Crippen molar-refractivity contribution >= 4 is 17.4 Å². The van der Waals surface area contributed by atoms with E-state index >= 15 is 0 Å². The Morgan fingerprint density at radius 3 is 2.17 bits per heavy atom. The molecule has 1 amide bonds.